The van der Waals surface area contributed by atoms with E-state index < -0.39 is 26.9 Å². The number of carbonyl (C=O) groups is 2. The highest BCUT2D eigenvalue weighted by atomic mass is 35.5. The summed E-state index contributed by atoms with van der Waals surface area (Å²) in [6.07, 6.45) is 4.97. The van der Waals surface area contributed by atoms with Crippen LogP contribution in [0.4, 0.5) is 0 Å². The molecule has 0 saturated heterocycles. The van der Waals surface area contributed by atoms with Gasteiger partial charge in [-0.15, -0.1) is 0 Å². The van der Waals surface area contributed by atoms with E-state index in [-0.39, 0.29) is 39.6 Å². The van der Waals surface area contributed by atoms with Crippen molar-refractivity contribution in [2.75, 3.05) is 0 Å². The normalized spacial score (nSPS) is 40.0. The van der Waals surface area contributed by atoms with Crippen molar-refractivity contribution in [3.63, 3.8) is 0 Å². The zero-order valence-electron chi connectivity index (χ0n) is 18.0. The zero-order chi connectivity index (χ0) is 22.9. The van der Waals surface area contributed by atoms with Crippen molar-refractivity contribution in [1.29, 1.82) is 0 Å². The Bertz CT molecular complexity index is 1060. The van der Waals surface area contributed by atoms with Crippen molar-refractivity contribution in [2.45, 2.75) is 68.3 Å². The van der Waals surface area contributed by atoms with E-state index in [4.69, 9.17) is 11.6 Å². The Kier molecular flexibility index (Phi) is 5.15. The number of carboxylic acid groups (broad SMARTS) is 1. The molecule has 4 atom stereocenters. The van der Waals surface area contributed by atoms with E-state index in [1.165, 1.54) is 12.1 Å². The molecule has 1 aromatic carbocycles. The maximum Gasteiger partial charge on any atom is 0.309 e. The van der Waals surface area contributed by atoms with Gasteiger partial charge < -0.3 is 10.4 Å². The number of hydrogen-bond acceptors (Lipinski definition) is 4. The minimum absolute atomic E-state index is 0.0361. The summed E-state index contributed by atoms with van der Waals surface area (Å²) in [5, 5.41) is 13.1. The number of benzene rings is 1. The quantitative estimate of drug-likeness (QED) is 0.578. The number of halogens is 1. The van der Waals surface area contributed by atoms with Crippen LogP contribution in [0.15, 0.2) is 29.2 Å². The topological polar surface area (TPSA) is 113 Å². The lowest BCUT2D eigenvalue weighted by atomic mass is 9.48. The summed E-state index contributed by atoms with van der Waals surface area (Å²) in [7, 11) is -3.99. The lowest BCUT2D eigenvalue weighted by molar-refractivity contribution is -0.168. The van der Waals surface area contributed by atoms with Gasteiger partial charge in [0.15, 0.2) is 0 Å². The number of hydrogen-bond donors (Lipinski definition) is 3. The van der Waals surface area contributed by atoms with E-state index in [0.29, 0.717) is 25.2 Å². The van der Waals surface area contributed by atoms with E-state index in [1.54, 1.807) is 12.1 Å². The van der Waals surface area contributed by atoms with Crippen LogP contribution in [-0.4, -0.2) is 37.0 Å². The Morgan fingerprint density at radius 2 is 1.78 bits per heavy atom. The molecule has 0 radical (unpaired) electrons. The Morgan fingerprint density at radius 3 is 2.31 bits per heavy atom. The number of sulfonamides is 1. The number of nitrogens with one attached hydrogen (secondary N) is 2. The van der Waals surface area contributed by atoms with Crippen molar-refractivity contribution >= 4 is 33.5 Å². The molecule has 0 aromatic heterocycles. The molecule has 5 fully saturated rings. The van der Waals surface area contributed by atoms with Gasteiger partial charge in [-0.1, -0.05) is 30.7 Å². The fourth-order valence-electron chi connectivity index (χ4n) is 7.02. The van der Waals surface area contributed by atoms with Crippen molar-refractivity contribution in [2.24, 2.45) is 29.1 Å². The van der Waals surface area contributed by atoms with Crippen LogP contribution in [0.25, 0.3) is 0 Å². The minimum Gasteiger partial charge on any atom is -0.481 e. The van der Waals surface area contributed by atoms with Crippen LogP contribution in [0, 0.1) is 29.1 Å². The second-order valence-corrected chi connectivity index (χ2v) is 12.6. The van der Waals surface area contributed by atoms with Gasteiger partial charge in [0.1, 0.15) is 10.4 Å². The standard InChI is InChI=1S/C23H29ClN2O5S/c1-13-6-7-23(13,26-32(30,31)18-5-3-2-4-17(18)24)20(27)25-19-15-8-14-9-16(19)12-22(10-14,11-15)21(28)29/h2-5,13-16,19,26H,6-12H2,1H3,(H,25,27)(H,28,29). The molecule has 0 spiro atoms. The first-order valence-electron chi connectivity index (χ1n) is 11.4. The molecule has 5 saturated carbocycles. The van der Waals surface area contributed by atoms with E-state index in [9.17, 15) is 23.1 Å². The number of rotatable bonds is 6. The Morgan fingerprint density at radius 1 is 1.12 bits per heavy atom. The molecule has 4 unspecified atom stereocenters. The number of amides is 1. The SMILES string of the molecule is CC1CCC1(NS(=O)(=O)c1ccccc1Cl)C(=O)NC1C2CC3CC1CC(C(=O)O)(C3)C2. The fraction of sp³-hybridized carbons (Fsp3) is 0.652. The second-order valence-electron chi connectivity index (χ2n) is 10.5. The van der Waals surface area contributed by atoms with Crippen LogP contribution in [0.5, 0.6) is 0 Å². The Balaban J connectivity index is 1.37. The van der Waals surface area contributed by atoms with Gasteiger partial charge in [0.25, 0.3) is 0 Å². The highest BCUT2D eigenvalue weighted by Crippen LogP contribution is 2.60. The Labute approximate surface area is 193 Å². The smallest absolute Gasteiger partial charge is 0.309 e. The molecule has 174 valence electrons. The molecule has 32 heavy (non-hydrogen) atoms. The van der Waals surface area contributed by atoms with E-state index in [0.717, 1.165) is 25.7 Å². The number of carbonyl (C=O) groups excluding carboxylic acids is 1. The lowest BCUT2D eigenvalue weighted by Gasteiger charge is -2.59. The van der Waals surface area contributed by atoms with Gasteiger partial charge in [0, 0.05) is 6.04 Å². The van der Waals surface area contributed by atoms with Gasteiger partial charge in [0.05, 0.1) is 10.4 Å². The lowest BCUT2D eigenvalue weighted by Crippen LogP contribution is -2.70. The molecule has 7 nitrogen and oxygen atoms in total. The van der Waals surface area contributed by atoms with E-state index in [1.807, 2.05) is 6.92 Å². The van der Waals surface area contributed by atoms with E-state index >= 15 is 0 Å². The van der Waals surface area contributed by atoms with Crippen molar-refractivity contribution in [3.05, 3.63) is 29.3 Å². The first-order valence-corrected chi connectivity index (χ1v) is 13.3. The predicted molar refractivity (Wildman–Crippen MR) is 118 cm³/mol. The van der Waals surface area contributed by atoms with Crippen LogP contribution in [-0.2, 0) is 19.6 Å². The third-order valence-electron chi connectivity index (χ3n) is 8.69. The largest absolute Gasteiger partial charge is 0.481 e. The molecule has 6 rings (SSSR count). The van der Waals surface area contributed by atoms with E-state index in [2.05, 4.69) is 10.0 Å². The van der Waals surface area contributed by atoms with Gasteiger partial charge in [-0.05, 0) is 80.8 Å². The molecule has 5 aliphatic rings. The molecular weight excluding hydrogens is 452 g/mol. The highest BCUT2D eigenvalue weighted by Gasteiger charge is 2.60. The maximum absolute atomic E-state index is 13.6. The van der Waals surface area contributed by atoms with Crippen LogP contribution in [0.2, 0.25) is 5.02 Å². The molecule has 0 aliphatic heterocycles. The summed E-state index contributed by atoms with van der Waals surface area (Å²) >= 11 is 6.12. The summed E-state index contributed by atoms with van der Waals surface area (Å²) in [4.78, 5) is 25.5. The van der Waals surface area contributed by atoms with Crippen LogP contribution in [0.3, 0.4) is 0 Å². The predicted octanol–water partition coefficient (Wildman–Crippen LogP) is 3.18. The van der Waals surface area contributed by atoms with Gasteiger partial charge in [0.2, 0.25) is 15.9 Å². The third kappa shape index (κ3) is 3.29. The molecule has 1 amide bonds. The Hall–Kier alpha value is -1.64. The highest BCUT2D eigenvalue weighted by molar-refractivity contribution is 7.89. The summed E-state index contributed by atoms with van der Waals surface area (Å²) in [6, 6.07) is 6.11. The number of aliphatic carboxylic acids is 1. The fourth-order valence-corrected chi connectivity index (χ4v) is 9.02. The van der Waals surface area contributed by atoms with Crippen LogP contribution < -0.4 is 10.0 Å². The summed E-state index contributed by atoms with van der Waals surface area (Å²) < 4.78 is 28.9. The molecular formula is C23H29ClN2O5S. The summed E-state index contributed by atoms with van der Waals surface area (Å²) in [5.74, 6) is -0.483. The molecule has 0 heterocycles. The number of carboxylic acids is 1. The van der Waals surface area contributed by atoms with Crippen molar-refractivity contribution in [3.8, 4) is 0 Å². The maximum atomic E-state index is 13.6. The zero-order valence-corrected chi connectivity index (χ0v) is 19.6. The average Bonchev–Trinajstić information content (AvgIpc) is 2.73. The van der Waals surface area contributed by atoms with Crippen molar-refractivity contribution < 1.29 is 23.1 Å². The molecule has 1 aromatic rings. The van der Waals surface area contributed by atoms with Gasteiger partial charge in [-0.3, -0.25) is 9.59 Å². The summed E-state index contributed by atoms with van der Waals surface area (Å²) in [5.41, 5.74) is -1.86. The van der Waals surface area contributed by atoms with Crippen LogP contribution >= 0.6 is 11.6 Å². The minimum atomic E-state index is -3.99. The molecule has 5 aliphatic carbocycles. The monoisotopic (exact) mass is 480 g/mol. The summed E-state index contributed by atoms with van der Waals surface area (Å²) in [6.45, 7) is 1.88. The molecule has 4 bridgehead atoms. The average molecular weight is 481 g/mol. The van der Waals surface area contributed by atoms with Gasteiger partial charge in [-0.2, -0.15) is 4.72 Å². The second kappa shape index (κ2) is 7.43. The van der Waals surface area contributed by atoms with Gasteiger partial charge in [-0.25, -0.2) is 8.42 Å². The third-order valence-corrected chi connectivity index (χ3v) is 10.7. The first kappa shape index (κ1) is 22.2. The molecule has 9 heteroatoms. The van der Waals surface area contributed by atoms with Gasteiger partial charge >= 0.3 is 5.97 Å². The van der Waals surface area contributed by atoms with Crippen molar-refractivity contribution in [1.82, 2.24) is 10.0 Å². The molecule has 3 N–H and O–H groups in total. The van der Waals surface area contributed by atoms with Crippen LogP contribution in [0.1, 0.15) is 51.9 Å². The first-order chi connectivity index (χ1) is 15.1.